The molecule has 1 saturated heterocycles. The Morgan fingerprint density at radius 1 is 1.10 bits per heavy atom. The summed E-state index contributed by atoms with van der Waals surface area (Å²) in [5, 5.41) is 12.2. The van der Waals surface area contributed by atoms with Crippen LogP contribution in [-0.4, -0.2) is 35.3 Å². The summed E-state index contributed by atoms with van der Waals surface area (Å²) in [6.45, 7) is 4.74. The Balaban J connectivity index is 1.28. The van der Waals surface area contributed by atoms with Crippen molar-refractivity contribution in [1.29, 1.82) is 0 Å². The van der Waals surface area contributed by atoms with Crippen molar-refractivity contribution >= 4 is 34.0 Å². The first kappa shape index (κ1) is 19.5. The van der Waals surface area contributed by atoms with Crippen LogP contribution in [0.3, 0.4) is 0 Å². The number of nitrogens with zero attached hydrogens (tertiary/aromatic N) is 3. The fourth-order valence-electron chi connectivity index (χ4n) is 3.89. The zero-order chi connectivity index (χ0) is 21.5. The number of carbonyl (C=O) groups excluding carboxylic acids is 2. The largest absolute Gasteiger partial charge is 0.454 e. The predicted molar refractivity (Wildman–Crippen MR) is 116 cm³/mol. The van der Waals surface area contributed by atoms with E-state index in [0.717, 1.165) is 21.8 Å². The first-order valence-corrected chi connectivity index (χ1v) is 10.7. The zero-order valence-electron chi connectivity index (χ0n) is 17.0. The van der Waals surface area contributed by atoms with E-state index in [-0.39, 0.29) is 24.5 Å². The average molecular weight is 436 g/mol. The van der Waals surface area contributed by atoms with E-state index >= 15 is 0 Å². The second-order valence-corrected chi connectivity index (χ2v) is 8.73. The summed E-state index contributed by atoms with van der Waals surface area (Å²) in [7, 11) is 0. The maximum atomic E-state index is 12.6. The SMILES string of the molecule is Cc1cc(C)cc(N2C[C@H](c3nnc(NC(=O)c4ccc5c(c4)OCO5)s3)CC2=O)c1. The van der Waals surface area contributed by atoms with E-state index in [2.05, 4.69) is 21.6 Å². The fourth-order valence-corrected chi connectivity index (χ4v) is 4.72. The van der Waals surface area contributed by atoms with Gasteiger partial charge in [0.1, 0.15) is 5.01 Å². The lowest BCUT2D eigenvalue weighted by atomic mass is 10.1. The minimum absolute atomic E-state index is 0.0537. The van der Waals surface area contributed by atoms with Gasteiger partial charge in [-0.1, -0.05) is 17.4 Å². The second kappa shape index (κ2) is 7.66. The van der Waals surface area contributed by atoms with Crippen LogP contribution in [0, 0.1) is 13.8 Å². The smallest absolute Gasteiger partial charge is 0.257 e. The molecule has 9 heteroatoms. The van der Waals surface area contributed by atoms with Crippen LogP contribution >= 0.6 is 11.3 Å². The molecule has 0 unspecified atom stereocenters. The molecule has 2 aliphatic rings. The van der Waals surface area contributed by atoms with Gasteiger partial charge in [0, 0.05) is 30.1 Å². The molecule has 2 aromatic carbocycles. The second-order valence-electron chi connectivity index (χ2n) is 7.72. The summed E-state index contributed by atoms with van der Waals surface area (Å²) >= 11 is 1.30. The molecule has 1 fully saturated rings. The van der Waals surface area contributed by atoms with Crippen molar-refractivity contribution < 1.29 is 19.1 Å². The van der Waals surface area contributed by atoms with Gasteiger partial charge in [0.2, 0.25) is 17.8 Å². The highest BCUT2D eigenvalue weighted by Gasteiger charge is 2.34. The molecule has 1 N–H and O–H groups in total. The predicted octanol–water partition coefficient (Wildman–Crippen LogP) is 3.66. The molecule has 0 aliphatic carbocycles. The quantitative estimate of drug-likeness (QED) is 0.671. The number of carbonyl (C=O) groups is 2. The third-order valence-electron chi connectivity index (χ3n) is 5.29. The number of aromatic nitrogens is 2. The van der Waals surface area contributed by atoms with Crippen LogP contribution < -0.4 is 19.7 Å². The molecule has 0 spiro atoms. The Hall–Kier alpha value is -3.46. The third-order valence-corrected chi connectivity index (χ3v) is 6.29. The van der Waals surface area contributed by atoms with Gasteiger partial charge in [0.15, 0.2) is 11.5 Å². The van der Waals surface area contributed by atoms with Gasteiger partial charge in [-0.05, 0) is 55.3 Å². The molecule has 2 aliphatic heterocycles. The van der Waals surface area contributed by atoms with Gasteiger partial charge in [-0.2, -0.15) is 0 Å². The molecule has 0 saturated carbocycles. The van der Waals surface area contributed by atoms with E-state index in [9.17, 15) is 9.59 Å². The molecule has 1 atom stereocenters. The van der Waals surface area contributed by atoms with Crippen molar-refractivity contribution in [1.82, 2.24) is 10.2 Å². The number of rotatable bonds is 4. The molecule has 31 heavy (non-hydrogen) atoms. The zero-order valence-corrected chi connectivity index (χ0v) is 17.9. The minimum Gasteiger partial charge on any atom is -0.454 e. The molecule has 3 aromatic rings. The maximum absolute atomic E-state index is 12.6. The van der Waals surface area contributed by atoms with Gasteiger partial charge < -0.3 is 14.4 Å². The first-order chi connectivity index (χ1) is 15.0. The van der Waals surface area contributed by atoms with Crippen LogP contribution in [-0.2, 0) is 4.79 Å². The van der Waals surface area contributed by atoms with Gasteiger partial charge in [-0.3, -0.25) is 14.9 Å². The monoisotopic (exact) mass is 436 g/mol. The van der Waals surface area contributed by atoms with Crippen LogP contribution in [0.15, 0.2) is 36.4 Å². The summed E-state index contributed by atoms with van der Waals surface area (Å²) in [4.78, 5) is 27.0. The molecule has 3 heterocycles. The van der Waals surface area contributed by atoms with Crippen LogP contribution in [0.2, 0.25) is 0 Å². The minimum atomic E-state index is -0.305. The lowest BCUT2D eigenvalue weighted by Gasteiger charge is -2.17. The van der Waals surface area contributed by atoms with Crippen molar-refractivity contribution in [3.63, 3.8) is 0 Å². The van der Waals surface area contributed by atoms with Crippen molar-refractivity contribution in [3.8, 4) is 11.5 Å². The van der Waals surface area contributed by atoms with Gasteiger partial charge in [0.05, 0.1) is 0 Å². The summed E-state index contributed by atoms with van der Waals surface area (Å²) in [6, 6.07) is 11.1. The normalized spacial score (nSPS) is 17.3. The summed E-state index contributed by atoms with van der Waals surface area (Å²) in [5.41, 5.74) is 3.59. The van der Waals surface area contributed by atoms with E-state index in [1.165, 1.54) is 11.3 Å². The Morgan fingerprint density at radius 3 is 2.68 bits per heavy atom. The van der Waals surface area contributed by atoms with Gasteiger partial charge in [-0.15, -0.1) is 10.2 Å². The molecular formula is C22H20N4O4S. The number of anilines is 2. The number of amides is 2. The fraction of sp³-hybridized carbons (Fsp3) is 0.273. The Bertz CT molecular complexity index is 1170. The summed E-state index contributed by atoms with van der Waals surface area (Å²) in [6.07, 6.45) is 0.373. The van der Waals surface area contributed by atoms with E-state index in [1.807, 2.05) is 26.0 Å². The van der Waals surface area contributed by atoms with Crippen LogP contribution in [0.25, 0.3) is 0 Å². The third kappa shape index (κ3) is 3.84. The maximum Gasteiger partial charge on any atom is 0.257 e. The molecule has 158 valence electrons. The Labute approximate surface area is 182 Å². The molecule has 0 bridgehead atoms. The van der Waals surface area contributed by atoms with Crippen molar-refractivity contribution in [2.24, 2.45) is 0 Å². The summed E-state index contributed by atoms with van der Waals surface area (Å²) in [5.74, 6) is 0.870. The molecule has 5 rings (SSSR count). The highest BCUT2D eigenvalue weighted by atomic mass is 32.1. The van der Waals surface area contributed by atoms with E-state index in [1.54, 1.807) is 23.1 Å². The first-order valence-electron chi connectivity index (χ1n) is 9.89. The van der Waals surface area contributed by atoms with Crippen molar-refractivity contribution in [2.45, 2.75) is 26.2 Å². The lowest BCUT2D eigenvalue weighted by Crippen LogP contribution is -2.24. The molecule has 2 amide bonds. The summed E-state index contributed by atoms with van der Waals surface area (Å²) < 4.78 is 10.6. The topological polar surface area (TPSA) is 93.7 Å². The number of benzene rings is 2. The average Bonchev–Trinajstić information content (AvgIpc) is 3.45. The standard InChI is InChI=1S/C22H20N4O4S/c1-12-5-13(2)7-16(6-12)26-10-15(9-19(26)27)21-24-25-22(31-21)23-20(28)14-3-4-17-18(8-14)30-11-29-17/h3-8,15H,9-11H2,1-2H3,(H,23,25,28)/t15-/m1/s1. The number of ether oxygens (including phenoxy) is 2. The number of fused-ring (bicyclic) bond motifs is 1. The highest BCUT2D eigenvalue weighted by Crippen LogP contribution is 2.36. The lowest BCUT2D eigenvalue weighted by molar-refractivity contribution is -0.117. The van der Waals surface area contributed by atoms with E-state index in [0.29, 0.717) is 35.2 Å². The number of hydrogen-bond acceptors (Lipinski definition) is 7. The van der Waals surface area contributed by atoms with Crippen LogP contribution in [0.1, 0.15) is 38.8 Å². The van der Waals surface area contributed by atoms with Gasteiger partial charge in [-0.25, -0.2) is 0 Å². The Kier molecular flexibility index (Phi) is 4.82. The van der Waals surface area contributed by atoms with Crippen LogP contribution in [0.5, 0.6) is 11.5 Å². The molecular weight excluding hydrogens is 416 g/mol. The van der Waals surface area contributed by atoms with Gasteiger partial charge >= 0.3 is 0 Å². The van der Waals surface area contributed by atoms with Crippen LogP contribution in [0.4, 0.5) is 10.8 Å². The van der Waals surface area contributed by atoms with Gasteiger partial charge in [0.25, 0.3) is 5.91 Å². The number of aryl methyl sites for hydroxylation is 2. The number of nitrogens with one attached hydrogen (secondary N) is 1. The molecule has 8 nitrogen and oxygen atoms in total. The van der Waals surface area contributed by atoms with Crippen molar-refractivity contribution in [2.75, 3.05) is 23.6 Å². The Morgan fingerprint density at radius 2 is 1.87 bits per heavy atom. The molecule has 1 aromatic heterocycles. The highest BCUT2D eigenvalue weighted by molar-refractivity contribution is 7.15. The van der Waals surface area contributed by atoms with E-state index < -0.39 is 0 Å². The number of hydrogen-bond donors (Lipinski definition) is 1. The van der Waals surface area contributed by atoms with Crippen molar-refractivity contribution in [3.05, 3.63) is 58.1 Å². The molecule has 0 radical (unpaired) electrons. The van der Waals surface area contributed by atoms with E-state index in [4.69, 9.17) is 9.47 Å².